The van der Waals surface area contributed by atoms with Gasteiger partial charge in [0.05, 0.1) is 18.8 Å². The number of nitrogens with one attached hydrogen (secondary N) is 1. The molecule has 0 spiro atoms. The molecule has 132 valence electrons. The van der Waals surface area contributed by atoms with E-state index in [4.69, 9.17) is 4.42 Å². The Kier molecular flexibility index (Phi) is 4.74. The summed E-state index contributed by atoms with van der Waals surface area (Å²) in [7, 11) is 1.74. The Bertz CT molecular complexity index is 858. The lowest BCUT2D eigenvalue weighted by molar-refractivity contribution is 0.0769. The van der Waals surface area contributed by atoms with E-state index in [-0.39, 0.29) is 5.91 Å². The zero-order valence-electron chi connectivity index (χ0n) is 15.0. The van der Waals surface area contributed by atoms with Gasteiger partial charge in [0.15, 0.2) is 0 Å². The third kappa shape index (κ3) is 3.81. The van der Waals surface area contributed by atoms with Crippen LogP contribution in [0.3, 0.4) is 0 Å². The van der Waals surface area contributed by atoms with Gasteiger partial charge < -0.3 is 13.9 Å². The molecule has 3 aromatic heterocycles. The second-order valence-electron chi connectivity index (χ2n) is 6.52. The summed E-state index contributed by atoms with van der Waals surface area (Å²) in [6.07, 6.45) is 3.72. The van der Waals surface area contributed by atoms with Crippen molar-refractivity contribution in [3.05, 3.63) is 59.3 Å². The van der Waals surface area contributed by atoms with E-state index in [0.29, 0.717) is 24.7 Å². The number of aromatic amines is 1. The van der Waals surface area contributed by atoms with Crippen LogP contribution in [0, 0.1) is 6.92 Å². The molecule has 0 fully saturated rings. The zero-order valence-corrected chi connectivity index (χ0v) is 15.0. The van der Waals surface area contributed by atoms with Crippen LogP contribution in [0.2, 0.25) is 0 Å². The lowest BCUT2D eigenvalue weighted by atomic mass is 10.2. The van der Waals surface area contributed by atoms with E-state index in [9.17, 15) is 4.79 Å². The predicted octanol–water partition coefficient (Wildman–Crippen LogP) is 2.95. The van der Waals surface area contributed by atoms with Crippen LogP contribution in [-0.2, 0) is 13.1 Å². The molecule has 7 nitrogen and oxygen atoms in total. The van der Waals surface area contributed by atoms with Crippen molar-refractivity contribution in [2.45, 2.75) is 39.8 Å². The molecule has 3 heterocycles. The third-order valence-corrected chi connectivity index (χ3v) is 3.99. The first-order chi connectivity index (χ1) is 11.9. The normalized spacial score (nSPS) is 11.2. The molecule has 7 heteroatoms. The van der Waals surface area contributed by atoms with Gasteiger partial charge in [-0.25, -0.2) is 4.98 Å². The van der Waals surface area contributed by atoms with Gasteiger partial charge in [-0.15, -0.1) is 0 Å². The molecule has 3 rings (SSSR count). The van der Waals surface area contributed by atoms with Crippen molar-refractivity contribution in [1.82, 2.24) is 24.6 Å². The number of aromatic nitrogens is 4. The van der Waals surface area contributed by atoms with E-state index in [1.807, 2.05) is 25.3 Å². The Morgan fingerprint density at radius 2 is 2.20 bits per heavy atom. The highest BCUT2D eigenvalue weighted by molar-refractivity contribution is 5.92. The van der Waals surface area contributed by atoms with E-state index in [1.165, 1.54) is 0 Å². The molecule has 0 saturated carbocycles. The highest BCUT2D eigenvalue weighted by Crippen LogP contribution is 2.15. The van der Waals surface area contributed by atoms with Gasteiger partial charge in [-0.05, 0) is 25.1 Å². The van der Waals surface area contributed by atoms with Gasteiger partial charge in [0, 0.05) is 25.4 Å². The number of nitrogens with zero attached hydrogens (tertiary/aromatic N) is 4. The van der Waals surface area contributed by atoms with Crippen LogP contribution in [0.4, 0.5) is 0 Å². The first-order valence-electron chi connectivity index (χ1n) is 8.30. The molecular formula is C18H23N5O2. The third-order valence-electron chi connectivity index (χ3n) is 3.99. The van der Waals surface area contributed by atoms with E-state index < -0.39 is 0 Å². The molecule has 1 N–H and O–H groups in total. The number of hydrogen-bond acceptors (Lipinski definition) is 4. The van der Waals surface area contributed by atoms with Crippen molar-refractivity contribution in [1.29, 1.82) is 0 Å². The Hall–Kier alpha value is -2.83. The number of imidazole rings is 1. The summed E-state index contributed by atoms with van der Waals surface area (Å²) in [5, 5.41) is 7.10. The second-order valence-corrected chi connectivity index (χ2v) is 6.52. The SMILES string of the molecule is Cc1ccc(CN(C)C(=O)c2cc(Cn3ccnc3C(C)C)[nH]n2)o1. The van der Waals surface area contributed by atoms with Gasteiger partial charge >= 0.3 is 0 Å². The number of furan rings is 1. The summed E-state index contributed by atoms with van der Waals surface area (Å²) < 4.78 is 7.58. The maximum atomic E-state index is 12.5. The van der Waals surface area contributed by atoms with E-state index in [0.717, 1.165) is 23.0 Å². The minimum Gasteiger partial charge on any atom is -0.464 e. The molecule has 1 amide bonds. The number of H-pyrrole nitrogens is 1. The number of hydrogen-bond donors (Lipinski definition) is 1. The summed E-state index contributed by atoms with van der Waals surface area (Å²) in [6.45, 7) is 7.10. The lowest BCUT2D eigenvalue weighted by Crippen LogP contribution is -2.26. The molecule has 0 aliphatic carbocycles. The minimum atomic E-state index is -0.147. The number of carbonyl (C=O) groups is 1. The number of carbonyl (C=O) groups excluding carboxylic acids is 1. The highest BCUT2D eigenvalue weighted by Gasteiger charge is 2.17. The minimum absolute atomic E-state index is 0.147. The lowest BCUT2D eigenvalue weighted by Gasteiger charge is -2.13. The standard InChI is InChI=1S/C18H23N5O2/c1-12(2)17-19-7-8-23(17)10-14-9-16(21-20-14)18(24)22(4)11-15-6-5-13(3)25-15/h5-9,12H,10-11H2,1-4H3,(H,20,21). The van der Waals surface area contributed by atoms with Gasteiger partial charge in [0.25, 0.3) is 5.91 Å². The average molecular weight is 341 g/mol. The fourth-order valence-corrected chi connectivity index (χ4v) is 2.76. The topological polar surface area (TPSA) is 80.0 Å². The second kappa shape index (κ2) is 6.96. The summed E-state index contributed by atoms with van der Waals surface area (Å²) in [4.78, 5) is 18.5. The largest absolute Gasteiger partial charge is 0.464 e. The zero-order chi connectivity index (χ0) is 18.0. The van der Waals surface area contributed by atoms with Gasteiger partial charge in [0.1, 0.15) is 23.0 Å². The summed E-state index contributed by atoms with van der Waals surface area (Å²) in [6, 6.07) is 5.55. The maximum Gasteiger partial charge on any atom is 0.274 e. The molecular weight excluding hydrogens is 318 g/mol. The van der Waals surface area contributed by atoms with Gasteiger partial charge in [-0.3, -0.25) is 9.89 Å². The smallest absolute Gasteiger partial charge is 0.274 e. The van der Waals surface area contributed by atoms with Crippen LogP contribution in [0.25, 0.3) is 0 Å². The summed E-state index contributed by atoms with van der Waals surface area (Å²) >= 11 is 0. The Balaban J connectivity index is 1.67. The Labute approximate surface area is 146 Å². The molecule has 0 aliphatic heterocycles. The first kappa shape index (κ1) is 17.0. The molecule has 0 saturated heterocycles. The van der Waals surface area contributed by atoms with Crippen LogP contribution < -0.4 is 0 Å². The first-order valence-corrected chi connectivity index (χ1v) is 8.30. The van der Waals surface area contributed by atoms with Crippen LogP contribution in [-0.4, -0.2) is 37.6 Å². The van der Waals surface area contributed by atoms with Crippen molar-refractivity contribution in [3.63, 3.8) is 0 Å². The molecule has 3 aromatic rings. The van der Waals surface area contributed by atoms with E-state index >= 15 is 0 Å². The fraction of sp³-hybridized carbons (Fsp3) is 0.389. The van der Waals surface area contributed by atoms with Crippen molar-refractivity contribution in [2.75, 3.05) is 7.05 Å². The van der Waals surface area contributed by atoms with Gasteiger partial charge in [-0.1, -0.05) is 13.8 Å². The molecule has 0 atom stereocenters. The van der Waals surface area contributed by atoms with E-state index in [2.05, 4.69) is 33.6 Å². The molecule has 0 radical (unpaired) electrons. The van der Waals surface area contributed by atoms with Crippen LogP contribution in [0.5, 0.6) is 0 Å². The van der Waals surface area contributed by atoms with Crippen LogP contribution in [0.15, 0.2) is 35.0 Å². The maximum absolute atomic E-state index is 12.5. The molecule has 25 heavy (non-hydrogen) atoms. The van der Waals surface area contributed by atoms with Crippen molar-refractivity contribution < 1.29 is 9.21 Å². The molecule has 0 bridgehead atoms. The van der Waals surface area contributed by atoms with Crippen molar-refractivity contribution in [2.24, 2.45) is 0 Å². The van der Waals surface area contributed by atoms with E-state index in [1.54, 1.807) is 24.2 Å². The highest BCUT2D eigenvalue weighted by atomic mass is 16.3. The Morgan fingerprint density at radius 1 is 1.40 bits per heavy atom. The number of aryl methyl sites for hydroxylation is 1. The molecule has 0 aromatic carbocycles. The predicted molar refractivity (Wildman–Crippen MR) is 93.2 cm³/mol. The molecule has 0 unspecified atom stereocenters. The number of rotatable bonds is 6. The van der Waals surface area contributed by atoms with Crippen molar-refractivity contribution in [3.8, 4) is 0 Å². The van der Waals surface area contributed by atoms with Gasteiger partial charge in [0.2, 0.25) is 0 Å². The van der Waals surface area contributed by atoms with Crippen molar-refractivity contribution >= 4 is 5.91 Å². The summed E-state index contributed by atoms with van der Waals surface area (Å²) in [5.74, 6) is 2.78. The quantitative estimate of drug-likeness (QED) is 0.747. The average Bonchev–Trinajstić information content (AvgIpc) is 3.28. The van der Waals surface area contributed by atoms with Gasteiger partial charge in [-0.2, -0.15) is 5.10 Å². The molecule has 0 aliphatic rings. The van der Waals surface area contributed by atoms with Crippen LogP contribution >= 0.6 is 0 Å². The van der Waals surface area contributed by atoms with Crippen LogP contribution in [0.1, 0.15) is 53.3 Å². The fourth-order valence-electron chi connectivity index (χ4n) is 2.76. The number of amides is 1. The Morgan fingerprint density at radius 3 is 2.88 bits per heavy atom. The monoisotopic (exact) mass is 341 g/mol. The summed E-state index contributed by atoms with van der Waals surface area (Å²) in [5.41, 5.74) is 1.26.